The lowest BCUT2D eigenvalue weighted by molar-refractivity contribution is -0.140. The van der Waals surface area contributed by atoms with Crippen LogP contribution >= 0.6 is 0 Å². The molecule has 45 heavy (non-hydrogen) atoms. The first kappa shape index (κ1) is 33.3. The van der Waals surface area contributed by atoms with Gasteiger partial charge in [-0.25, -0.2) is 8.42 Å². The molecule has 4 rings (SSSR count). The second-order valence-corrected chi connectivity index (χ2v) is 12.9. The fourth-order valence-electron chi connectivity index (χ4n) is 5.00. The largest absolute Gasteiger partial charge is 0.497 e. The van der Waals surface area contributed by atoms with E-state index in [0.29, 0.717) is 11.4 Å². The molecule has 0 heterocycles. The Kier molecular flexibility index (Phi) is 11.4. The molecule has 0 aromatic heterocycles. The van der Waals surface area contributed by atoms with E-state index in [9.17, 15) is 18.0 Å². The van der Waals surface area contributed by atoms with Crippen LogP contribution in [-0.4, -0.2) is 50.9 Å². The highest BCUT2D eigenvalue weighted by Gasteiger charge is 2.35. The number of amides is 2. The number of carbonyl (C=O) groups is 2. The Balaban J connectivity index is 1.80. The van der Waals surface area contributed by atoms with Crippen molar-refractivity contribution in [2.75, 3.05) is 18.0 Å². The van der Waals surface area contributed by atoms with E-state index in [1.54, 1.807) is 42.5 Å². The predicted octanol–water partition coefficient (Wildman–Crippen LogP) is 5.75. The number of nitrogens with zero attached hydrogens (tertiary/aromatic N) is 2. The summed E-state index contributed by atoms with van der Waals surface area (Å²) in [5, 5.41) is 3.06. The highest BCUT2D eigenvalue weighted by molar-refractivity contribution is 7.92. The summed E-state index contributed by atoms with van der Waals surface area (Å²) in [5.74, 6) is -0.254. The molecule has 9 heteroatoms. The quantitative estimate of drug-likeness (QED) is 0.192. The summed E-state index contributed by atoms with van der Waals surface area (Å²) in [6, 6.07) is 30.8. The molecule has 236 valence electrons. The van der Waals surface area contributed by atoms with E-state index in [0.717, 1.165) is 27.4 Å². The topological polar surface area (TPSA) is 96.0 Å². The molecule has 0 bridgehead atoms. The normalized spacial score (nSPS) is 12.5. The van der Waals surface area contributed by atoms with Gasteiger partial charge < -0.3 is 15.0 Å². The monoisotopic (exact) mass is 627 g/mol. The second-order valence-electron chi connectivity index (χ2n) is 11.1. The van der Waals surface area contributed by atoms with Crippen molar-refractivity contribution < 1.29 is 22.7 Å². The lowest BCUT2D eigenvalue weighted by Gasteiger charge is -2.34. The zero-order chi connectivity index (χ0) is 32.4. The molecule has 0 saturated carbocycles. The molecule has 4 aromatic carbocycles. The third-order valence-corrected chi connectivity index (χ3v) is 9.47. The molecule has 0 aliphatic carbocycles. The van der Waals surface area contributed by atoms with E-state index in [1.165, 1.54) is 24.1 Å². The van der Waals surface area contributed by atoms with Crippen LogP contribution in [0.5, 0.6) is 5.75 Å². The first-order valence-corrected chi connectivity index (χ1v) is 16.5. The SMILES string of the molecule is CC[C@H](C)NC(=O)[C@@H](Cc1ccccc1)N(Cc1cccc(C)c1)C(=O)CN(c1ccc(OC)cc1)S(=O)(=O)c1ccccc1. The van der Waals surface area contributed by atoms with Gasteiger partial charge in [0.1, 0.15) is 18.3 Å². The smallest absolute Gasteiger partial charge is 0.264 e. The van der Waals surface area contributed by atoms with Gasteiger partial charge in [0.05, 0.1) is 17.7 Å². The van der Waals surface area contributed by atoms with Crippen molar-refractivity contribution in [3.63, 3.8) is 0 Å². The molecule has 0 fully saturated rings. The summed E-state index contributed by atoms with van der Waals surface area (Å²) in [5.41, 5.74) is 3.02. The van der Waals surface area contributed by atoms with Gasteiger partial charge in [0.15, 0.2) is 0 Å². The van der Waals surface area contributed by atoms with Gasteiger partial charge in [0.25, 0.3) is 10.0 Å². The second kappa shape index (κ2) is 15.4. The number of hydrogen-bond acceptors (Lipinski definition) is 5. The molecule has 0 radical (unpaired) electrons. The van der Waals surface area contributed by atoms with E-state index in [-0.39, 0.29) is 29.8 Å². The third-order valence-electron chi connectivity index (χ3n) is 7.68. The number of nitrogens with one attached hydrogen (secondary N) is 1. The number of methoxy groups -OCH3 is 1. The number of aryl methyl sites for hydroxylation is 1. The molecule has 4 aromatic rings. The number of benzene rings is 4. The maximum atomic E-state index is 14.5. The van der Waals surface area contributed by atoms with Crippen LogP contribution in [0.25, 0.3) is 0 Å². The van der Waals surface area contributed by atoms with Crippen LogP contribution in [0.4, 0.5) is 5.69 Å². The standard InChI is InChI=1S/C36H41N3O5S/c1-5-28(3)37-36(41)34(24-29-14-8-6-9-15-29)38(25-30-16-12-13-27(2)23-30)35(40)26-39(31-19-21-32(44-4)22-20-31)45(42,43)33-17-10-7-11-18-33/h6-23,28,34H,5,24-26H2,1-4H3,(H,37,41)/t28-,34+/m0/s1. The molecular formula is C36H41N3O5S. The van der Waals surface area contributed by atoms with Crippen molar-refractivity contribution in [1.29, 1.82) is 0 Å². The van der Waals surface area contributed by atoms with Crippen LogP contribution < -0.4 is 14.4 Å². The maximum Gasteiger partial charge on any atom is 0.264 e. The van der Waals surface area contributed by atoms with E-state index >= 15 is 0 Å². The fraction of sp³-hybridized carbons (Fsp3) is 0.278. The van der Waals surface area contributed by atoms with Gasteiger partial charge in [-0.15, -0.1) is 0 Å². The summed E-state index contributed by atoms with van der Waals surface area (Å²) in [4.78, 5) is 30.0. The Hall–Kier alpha value is -4.63. The predicted molar refractivity (Wildman–Crippen MR) is 178 cm³/mol. The summed E-state index contributed by atoms with van der Waals surface area (Å²) >= 11 is 0. The van der Waals surface area contributed by atoms with Crippen LogP contribution in [0.15, 0.2) is 114 Å². The highest BCUT2D eigenvalue weighted by atomic mass is 32.2. The van der Waals surface area contributed by atoms with Crippen molar-refractivity contribution >= 4 is 27.5 Å². The Morgan fingerprint density at radius 3 is 2.07 bits per heavy atom. The summed E-state index contributed by atoms with van der Waals surface area (Å²) in [7, 11) is -2.64. The Labute approximate surface area is 266 Å². The van der Waals surface area contributed by atoms with Crippen molar-refractivity contribution in [3.8, 4) is 5.75 Å². The maximum absolute atomic E-state index is 14.5. The molecule has 0 spiro atoms. The average molecular weight is 628 g/mol. The van der Waals surface area contributed by atoms with Crippen LogP contribution in [0.3, 0.4) is 0 Å². The summed E-state index contributed by atoms with van der Waals surface area (Å²) in [6.45, 7) is 5.46. The summed E-state index contributed by atoms with van der Waals surface area (Å²) in [6.07, 6.45) is 0.977. The number of anilines is 1. The minimum absolute atomic E-state index is 0.0502. The van der Waals surface area contributed by atoms with Gasteiger partial charge in [-0.3, -0.25) is 13.9 Å². The van der Waals surface area contributed by atoms with E-state index in [2.05, 4.69) is 5.32 Å². The zero-order valence-electron chi connectivity index (χ0n) is 26.2. The van der Waals surface area contributed by atoms with Gasteiger partial charge in [-0.2, -0.15) is 0 Å². The fourth-order valence-corrected chi connectivity index (χ4v) is 6.43. The van der Waals surface area contributed by atoms with Crippen LogP contribution in [0, 0.1) is 6.92 Å². The Morgan fingerprint density at radius 1 is 0.844 bits per heavy atom. The molecule has 2 atom stereocenters. The third kappa shape index (κ3) is 8.73. The molecule has 0 saturated heterocycles. The molecule has 1 N–H and O–H groups in total. The van der Waals surface area contributed by atoms with Crippen LogP contribution in [0.1, 0.15) is 37.0 Å². The number of carbonyl (C=O) groups excluding carboxylic acids is 2. The van der Waals surface area contributed by atoms with Gasteiger partial charge in [-0.05, 0) is 67.8 Å². The molecular weight excluding hydrogens is 586 g/mol. The minimum Gasteiger partial charge on any atom is -0.497 e. The number of ether oxygens (including phenoxy) is 1. The van der Waals surface area contributed by atoms with E-state index < -0.39 is 28.5 Å². The minimum atomic E-state index is -4.17. The van der Waals surface area contributed by atoms with Gasteiger partial charge in [-0.1, -0.05) is 85.3 Å². The first-order valence-electron chi connectivity index (χ1n) is 15.0. The molecule has 8 nitrogen and oxygen atoms in total. The molecule has 0 aliphatic rings. The van der Waals surface area contributed by atoms with Gasteiger partial charge >= 0.3 is 0 Å². The molecule has 0 aliphatic heterocycles. The number of sulfonamides is 1. The Bertz CT molecular complexity index is 1660. The number of hydrogen-bond donors (Lipinski definition) is 1. The van der Waals surface area contributed by atoms with Crippen molar-refractivity contribution in [3.05, 3.63) is 126 Å². The van der Waals surface area contributed by atoms with Gasteiger partial charge in [0.2, 0.25) is 11.8 Å². The first-order chi connectivity index (χ1) is 21.6. The van der Waals surface area contributed by atoms with E-state index in [4.69, 9.17) is 4.74 Å². The van der Waals surface area contributed by atoms with Crippen molar-refractivity contribution in [2.24, 2.45) is 0 Å². The van der Waals surface area contributed by atoms with Crippen LogP contribution in [-0.2, 0) is 32.6 Å². The lowest BCUT2D eigenvalue weighted by Crippen LogP contribution is -2.54. The van der Waals surface area contributed by atoms with E-state index in [1.807, 2.05) is 75.4 Å². The van der Waals surface area contributed by atoms with Crippen molar-refractivity contribution in [2.45, 2.75) is 57.1 Å². The summed E-state index contributed by atoms with van der Waals surface area (Å²) < 4.78 is 34.5. The molecule has 2 amide bonds. The zero-order valence-corrected chi connectivity index (χ0v) is 27.0. The Morgan fingerprint density at radius 2 is 1.47 bits per heavy atom. The number of rotatable bonds is 14. The average Bonchev–Trinajstić information content (AvgIpc) is 3.06. The lowest BCUT2D eigenvalue weighted by atomic mass is 10.0. The highest BCUT2D eigenvalue weighted by Crippen LogP contribution is 2.27. The van der Waals surface area contributed by atoms with Gasteiger partial charge in [0, 0.05) is 19.0 Å². The van der Waals surface area contributed by atoms with Crippen LogP contribution in [0.2, 0.25) is 0 Å². The molecule has 0 unspecified atom stereocenters. The van der Waals surface area contributed by atoms with Crippen molar-refractivity contribution in [1.82, 2.24) is 10.2 Å².